The lowest BCUT2D eigenvalue weighted by Gasteiger charge is -2.37. The summed E-state index contributed by atoms with van der Waals surface area (Å²) in [6.45, 7) is 1.88. The van der Waals surface area contributed by atoms with Crippen molar-refractivity contribution in [2.75, 3.05) is 40.0 Å². The minimum atomic E-state index is -0.258. The third kappa shape index (κ3) is 6.06. The molecule has 6 heteroatoms. The number of likely N-dealkylation sites (tertiary alicyclic amines) is 1. The van der Waals surface area contributed by atoms with Gasteiger partial charge in [0.25, 0.3) is 5.91 Å². The first-order chi connectivity index (χ1) is 14.2. The van der Waals surface area contributed by atoms with Crippen molar-refractivity contribution in [2.45, 2.75) is 12.3 Å². The van der Waals surface area contributed by atoms with Gasteiger partial charge in [0, 0.05) is 32.7 Å². The van der Waals surface area contributed by atoms with E-state index in [1.54, 1.807) is 12.0 Å². The number of hydrogen-bond acceptors (Lipinski definition) is 4. The number of hydrogen-bond donors (Lipinski definition) is 1. The van der Waals surface area contributed by atoms with E-state index in [4.69, 9.17) is 9.47 Å². The molecule has 1 aliphatic heterocycles. The van der Waals surface area contributed by atoms with Crippen LogP contribution in [0.3, 0.4) is 0 Å². The highest BCUT2D eigenvalue weighted by molar-refractivity contribution is 5.82. The monoisotopic (exact) mass is 396 g/mol. The van der Waals surface area contributed by atoms with Crippen molar-refractivity contribution in [3.05, 3.63) is 66.2 Å². The number of nitrogens with zero attached hydrogens (tertiary/aromatic N) is 1. The van der Waals surface area contributed by atoms with Gasteiger partial charge in [0.2, 0.25) is 5.91 Å². The van der Waals surface area contributed by atoms with Gasteiger partial charge in [-0.15, -0.1) is 0 Å². The maximum Gasteiger partial charge on any atom is 0.260 e. The molecule has 1 heterocycles. The average molecular weight is 396 g/mol. The fourth-order valence-corrected chi connectivity index (χ4v) is 3.63. The molecular formula is C23H28N2O4. The van der Waals surface area contributed by atoms with Crippen molar-refractivity contribution in [1.29, 1.82) is 0 Å². The van der Waals surface area contributed by atoms with Gasteiger partial charge >= 0.3 is 0 Å². The fourth-order valence-electron chi connectivity index (χ4n) is 3.63. The van der Waals surface area contributed by atoms with E-state index in [0.29, 0.717) is 38.4 Å². The highest BCUT2D eigenvalue weighted by Crippen LogP contribution is 2.30. The van der Waals surface area contributed by atoms with E-state index in [2.05, 4.69) is 17.4 Å². The van der Waals surface area contributed by atoms with Gasteiger partial charge in [-0.25, -0.2) is 0 Å². The summed E-state index contributed by atoms with van der Waals surface area (Å²) in [4.78, 5) is 27.2. The van der Waals surface area contributed by atoms with Gasteiger partial charge in [-0.05, 0) is 24.1 Å². The van der Waals surface area contributed by atoms with E-state index in [-0.39, 0.29) is 30.3 Å². The highest BCUT2D eigenvalue weighted by Gasteiger charge is 2.34. The first-order valence-electron chi connectivity index (χ1n) is 9.94. The van der Waals surface area contributed by atoms with Crippen molar-refractivity contribution in [3.8, 4) is 5.75 Å². The maximum absolute atomic E-state index is 12.8. The van der Waals surface area contributed by atoms with Gasteiger partial charge in [0.05, 0.1) is 12.5 Å². The molecule has 2 unspecified atom stereocenters. The SMILES string of the molecule is COCCNC(=O)C1CC(c2ccccc2)CN(C(=O)COc2ccccc2)C1. The quantitative estimate of drug-likeness (QED) is 0.696. The minimum Gasteiger partial charge on any atom is -0.484 e. The summed E-state index contributed by atoms with van der Waals surface area (Å²) in [5.41, 5.74) is 1.14. The summed E-state index contributed by atoms with van der Waals surface area (Å²) in [6, 6.07) is 19.3. The Labute approximate surface area is 171 Å². The molecule has 1 aliphatic rings. The molecule has 154 valence electrons. The molecule has 2 amide bonds. The number of para-hydroxylation sites is 1. The van der Waals surface area contributed by atoms with Crippen molar-refractivity contribution in [1.82, 2.24) is 10.2 Å². The Kier molecular flexibility index (Phi) is 7.64. The number of amides is 2. The fraction of sp³-hybridized carbons (Fsp3) is 0.391. The van der Waals surface area contributed by atoms with E-state index in [0.717, 1.165) is 5.56 Å². The lowest BCUT2D eigenvalue weighted by Crippen LogP contribution is -2.49. The van der Waals surface area contributed by atoms with Gasteiger partial charge in [0.1, 0.15) is 5.75 Å². The smallest absolute Gasteiger partial charge is 0.260 e. The first-order valence-corrected chi connectivity index (χ1v) is 9.94. The topological polar surface area (TPSA) is 67.9 Å². The predicted octanol–water partition coefficient (Wildman–Crippen LogP) is 2.46. The number of methoxy groups -OCH3 is 1. The van der Waals surface area contributed by atoms with Crippen LogP contribution in [0.25, 0.3) is 0 Å². The predicted molar refractivity (Wildman–Crippen MR) is 111 cm³/mol. The van der Waals surface area contributed by atoms with Crippen molar-refractivity contribution in [3.63, 3.8) is 0 Å². The zero-order valence-electron chi connectivity index (χ0n) is 16.8. The molecule has 0 bridgehead atoms. The van der Waals surface area contributed by atoms with Crippen LogP contribution in [0.2, 0.25) is 0 Å². The third-order valence-electron chi connectivity index (χ3n) is 5.16. The summed E-state index contributed by atoms with van der Waals surface area (Å²) in [6.07, 6.45) is 0.714. The molecule has 2 aromatic rings. The van der Waals surface area contributed by atoms with Gasteiger partial charge in [-0.3, -0.25) is 9.59 Å². The van der Waals surface area contributed by atoms with Crippen molar-refractivity contribution >= 4 is 11.8 Å². The molecule has 0 aromatic heterocycles. The van der Waals surface area contributed by atoms with E-state index in [1.807, 2.05) is 48.5 Å². The van der Waals surface area contributed by atoms with Crippen LogP contribution in [0.1, 0.15) is 17.9 Å². The number of carbonyl (C=O) groups excluding carboxylic acids is 2. The van der Waals surface area contributed by atoms with Gasteiger partial charge in [-0.2, -0.15) is 0 Å². The summed E-state index contributed by atoms with van der Waals surface area (Å²) in [5, 5.41) is 2.91. The van der Waals surface area contributed by atoms with Crippen LogP contribution in [0.15, 0.2) is 60.7 Å². The van der Waals surface area contributed by atoms with Crippen LogP contribution in [-0.4, -0.2) is 56.7 Å². The maximum atomic E-state index is 12.8. The third-order valence-corrected chi connectivity index (χ3v) is 5.16. The van der Waals surface area contributed by atoms with Crippen LogP contribution in [0, 0.1) is 5.92 Å². The number of piperidine rings is 1. The standard InChI is InChI=1S/C23H28N2O4/c1-28-13-12-24-23(27)20-14-19(18-8-4-2-5-9-18)15-25(16-20)22(26)17-29-21-10-6-3-7-11-21/h2-11,19-20H,12-17H2,1H3,(H,24,27). The Morgan fingerprint density at radius 1 is 1.03 bits per heavy atom. The van der Waals surface area contributed by atoms with Crippen LogP contribution in [0.4, 0.5) is 0 Å². The van der Waals surface area contributed by atoms with Crippen molar-refractivity contribution in [2.24, 2.45) is 5.92 Å². The van der Waals surface area contributed by atoms with Crippen molar-refractivity contribution < 1.29 is 19.1 Å². The van der Waals surface area contributed by atoms with Crippen LogP contribution in [0.5, 0.6) is 5.75 Å². The molecular weight excluding hydrogens is 368 g/mol. The van der Waals surface area contributed by atoms with Gasteiger partial charge in [0.15, 0.2) is 6.61 Å². The molecule has 1 N–H and O–H groups in total. The second kappa shape index (κ2) is 10.6. The van der Waals surface area contributed by atoms with Crippen LogP contribution < -0.4 is 10.1 Å². The zero-order chi connectivity index (χ0) is 20.5. The first kappa shape index (κ1) is 20.9. The number of ether oxygens (including phenoxy) is 2. The lowest BCUT2D eigenvalue weighted by molar-refractivity contribution is -0.138. The molecule has 2 atom stereocenters. The number of nitrogens with one attached hydrogen (secondary N) is 1. The van der Waals surface area contributed by atoms with Crippen LogP contribution in [-0.2, 0) is 14.3 Å². The molecule has 1 saturated heterocycles. The zero-order valence-corrected chi connectivity index (χ0v) is 16.8. The lowest BCUT2D eigenvalue weighted by atomic mass is 9.84. The molecule has 29 heavy (non-hydrogen) atoms. The molecule has 1 fully saturated rings. The van der Waals surface area contributed by atoms with E-state index in [1.165, 1.54) is 0 Å². The Bertz CT molecular complexity index is 782. The summed E-state index contributed by atoms with van der Waals surface area (Å²) >= 11 is 0. The molecule has 0 saturated carbocycles. The minimum absolute atomic E-state index is 0.0375. The normalized spacial score (nSPS) is 18.9. The largest absolute Gasteiger partial charge is 0.484 e. The summed E-state index contributed by atoms with van der Waals surface area (Å²) in [5.74, 6) is 0.371. The van der Waals surface area contributed by atoms with E-state index < -0.39 is 0 Å². The number of carbonyl (C=O) groups is 2. The summed E-state index contributed by atoms with van der Waals surface area (Å²) < 4.78 is 10.6. The number of benzene rings is 2. The molecule has 2 aromatic carbocycles. The Hall–Kier alpha value is -2.86. The average Bonchev–Trinajstić information content (AvgIpc) is 2.78. The molecule has 0 aliphatic carbocycles. The molecule has 3 rings (SSSR count). The molecule has 0 spiro atoms. The van der Waals surface area contributed by atoms with E-state index in [9.17, 15) is 9.59 Å². The highest BCUT2D eigenvalue weighted by atomic mass is 16.5. The van der Waals surface area contributed by atoms with Gasteiger partial charge in [-0.1, -0.05) is 48.5 Å². The van der Waals surface area contributed by atoms with Gasteiger partial charge < -0.3 is 19.7 Å². The van der Waals surface area contributed by atoms with Crippen LogP contribution >= 0.6 is 0 Å². The number of rotatable bonds is 8. The second-order valence-electron chi connectivity index (χ2n) is 7.22. The molecule has 0 radical (unpaired) electrons. The Morgan fingerprint density at radius 3 is 2.41 bits per heavy atom. The Morgan fingerprint density at radius 2 is 1.72 bits per heavy atom. The Balaban J connectivity index is 1.67. The summed E-state index contributed by atoms with van der Waals surface area (Å²) in [7, 11) is 1.60. The molecule has 6 nitrogen and oxygen atoms in total. The van der Waals surface area contributed by atoms with E-state index >= 15 is 0 Å². The second-order valence-corrected chi connectivity index (χ2v) is 7.22.